The molecule has 1 nitrogen and oxygen atoms in total. The van der Waals surface area contributed by atoms with Crippen molar-refractivity contribution >= 4 is 8.07 Å². The van der Waals surface area contributed by atoms with Crippen LogP contribution < -0.4 is 0 Å². The number of unbranched alkanes of at least 4 members (excludes halogenated alkanes) is 7. The van der Waals surface area contributed by atoms with Crippen LogP contribution >= 0.6 is 0 Å². The third-order valence-corrected chi connectivity index (χ3v) is 5.99. The number of hydrogen-bond acceptors (Lipinski definition) is 1. The minimum atomic E-state index is -0.999. The molecule has 0 aromatic carbocycles. The summed E-state index contributed by atoms with van der Waals surface area (Å²) in [4.78, 5) is 0. The van der Waals surface area contributed by atoms with E-state index in [4.69, 9.17) is 4.74 Å². The Morgan fingerprint density at radius 3 is 1.82 bits per heavy atom. The van der Waals surface area contributed by atoms with Crippen LogP contribution in [0.2, 0.25) is 19.6 Å². The summed E-state index contributed by atoms with van der Waals surface area (Å²) in [6.45, 7) is 9.55. The molecule has 102 valence electrons. The van der Waals surface area contributed by atoms with Crippen molar-refractivity contribution in [2.75, 3.05) is 0 Å². The number of rotatable bonds is 10. The Morgan fingerprint density at radius 2 is 1.35 bits per heavy atom. The predicted molar refractivity (Wildman–Crippen MR) is 79.2 cm³/mol. The maximum absolute atomic E-state index is 5.80. The van der Waals surface area contributed by atoms with Crippen molar-refractivity contribution in [3.8, 4) is 0 Å². The molecule has 1 aliphatic heterocycles. The smallest absolute Gasteiger partial charge is 0.0819 e. The van der Waals surface area contributed by atoms with Gasteiger partial charge in [-0.2, -0.15) is 0 Å². The lowest BCUT2D eigenvalue weighted by atomic mass is 10.1. The first-order valence-electron chi connectivity index (χ1n) is 7.71. The predicted octanol–water partition coefficient (Wildman–Crippen LogP) is 5.16. The molecule has 0 aliphatic carbocycles. The van der Waals surface area contributed by atoms with Crippen LogP contribution in [-0.4, -0.2) is 19.9 Å². The molecule has 0 saturated carbocycles. The van der Waals surface area contributed by atoms with Crippen LogP contribution in [0, 0.1) is 0 Å². The molecule has 2 heteroatoms. The van der Waals surface area contributed by atoms with Gasteiger partial charge in [-0.15, -0.1) is 0 Å². The molecule has 0 bridgehead atoms. The van der Waals surface area contributed by atoms with Crippen LogP contribution in [0.15, 0.2) is 0 Å². The van der Waals surface area contributed by atoms with Gasteiger partial charge in [0.05, 0.1) is 19.9 Å². The quantitative estimate of drug-likeness (QED) is 0.299. The van der Waals surface area contributed by atoms with Crippen molar-refractivity contribution in [2.24, 2.45) is 0 Å². The van der Waals surface area contributed by atoms with E-state index in [0.29, 0.717) is 11.8 Å². The molecule has 0 aromatic rings. The lowest BCUT2D eigenvalue weighted by molar-refractivity contribution is 0.377. The number of epoxide rings is 1. The van der Waals surface area contributed by atoms with Crippen molar-refractivity contribution in [2.45, 2.75) is 96.2 Å². The highest BCUT2D eigenvalue weighted by Crippen LogP contribution is 2.34. The van der Waals surface area contributed by atoms with Crippen LogP contribution in [0.1, 0.15) is 64.7 Å². The molecule has 17 heavy (non-hydrogen) atoms. The summed E-state index contributed by atoms with van der Waals surface area (Å²) in [6, 6.07) is 0. The van der Waals surface area contributed by atoms with E-state index in [9.17, 15) is 0 Å². The average Bonchev–Trinajstić information content (AvgIpc) is 3.01. The lowest BCUT2D eigenvalue weighted by Crippen LogP contribution is -2.30. The van der Waals surface area contributed by atoms with Gasteiger partial charge >= 0.3 is 0 Å². The minimum Gasteiger partial charge on any atom is -0.373 e. The molecule has 2 atom stereocenters. The van der Waals surface area contributed by atoms with Gasteiger partial charge in [-0.25, -0.2) is 0 Å². The van der Waals surface area contributed by atoms with E-state index in [-0.39, 0.29) is 0 Å². The second-order valence-electron chi connectivity index (χ2n) is 6.72. The molecule has 0 N–H and O–H groups in total. The van der Waals surface area contributed by atoms with Crippen LogP contribution in [0.25, 0.3) is 0 Å². The standard InChI is InChI=1S/C15H32OSi/c1-5-6-7-8-9-10-11-12-13-14-15(16-14)17(2,3)4/h14-15H,5-13H2,1-4H3/t14-,15-/m1/s1. The fourth-order valence-electron chi connectivity index (χ4n) is 2.60. The fourth-order valence-corrected chi connectivity index (χ4v) is 4.47. The lowest BCUT2D eigenvalue weighted by Gasteiger charge is -2.11. The Bertz CT molecular complexity index is 198. The van der Waals surface area contributed by atoms with Crippen LogP contribution in [0.4, 0.5) is 0 Å². The zero-order chi connectivity index (χ0) is 12.7. The highest BCUT2D eigenvalue weighted by Gasteiger charge is 2.47. The van der Waals surface area contributed by atoms with Crippen molar-refractivity contribution in [1.29, 1.82) is 0 Å². The average molecular weight is 257 g/mol. The van der Waals surface area contributed by atoms with Crippen LogP contribution in [0.5, 0.6) is 0 Å². The minimum absolute atomic E-state index is 0.641. The molecule has 1 rings (SSSR count). The van der Waals surface area contributed by atoms with Gasteiger partial charge in [-0.3, -0.25) is 0 Å². The van der Waals surface area contributed by atoms with Gasteiger partial charge in [-0.1, -0.05) is 77.9 Å². The number of ether oxygens (including phenoxy) is 1. The molecular formula is C15H32OSi. The molecule has 0 amide bonds. The zero-order valence-corrected chi connectivity index (χ0v) is 13.4. The van der Waals surface area contributed by atoms with E-state index in [1.807, 2.05) is 0 Å². The van der Waals surface area contributed by atoms with Crippen molar-refractivity contribution in [3.63, 3.8) is 0 Å². The molecule has 1 aliphatic rings. The first-order chi connectivity index (χ1) is 8.05. The summed E-state index contributed by atoms with van der Waals surface area (Å²) < 4.78 is 5.80. The molecule has 1 saturated heterocycles. The fraction of sp³-hybridized carbons (Fsp3) is 1.00. The topological polar surface area (TPSA) is 12.5 Å². The third-order valence-electron chi connectivity index (χ3n) is 3.78. The first-order valence-corrected chi connectivity index (χ1v) is 11.3. The molecule has 0 radical (unpaired) electrons. The highest BCUT2D eigenvalue weighted by molar-refractivity contribution is 6.78. The second kappa shape index (κ2) is 7.58. The second-order valence-corrected chi connectivity index (χ2v) is 12.0. The van der Waals surface area contributed by atoms with Gasteiger partial charge in [0.2, 0.25) is 0 Å². The molecule has 1 heterocycles. The van der Waals surface area contributed by atoms with Crippen molar-refractivity contribution < 1.29 is 4.74 Å². The summed E-state index contributed by atoms with van der Waals surface area (Å²) in [6.07, 6.45) is 13.3. The Kier molecular flexibility index (Phi) is 6.79. The summed E-state index contributed by atoms with van der Waals surface area (Å²) in [7, 11) is -0.999. The largest absolute Gasteiger partial charge is 0.373 e. The Morgan fingerprint density at radius 1 is 0.824 bits per heavy atom. The summed E-state index contributed by atoms with van der Waals surface area (Å²) in [5.74, 6) is 0. The van der Waals surface area contributed by atoms with Gasteiger partial charge in [0, 0.05) is 0 Å². The first kappa shape index (κ1) is 15.2. The van der Waals surface area contributed by atoms with E-state index in [1.165, 1.54) is 57.8 Å². The summed E-state index contributed by atoms with van der Waals surface area (Å²) >= 11 is 0. The van der Waals surface area contributed by atoms with Crippen molar-refractivity contribution in [1.82, 2.24) is 0 Å². The van der Waals surface area contributed by atoms with Gasteiger partial charge in [0.15, 0.2) is 0 Å². The Balaban J connectivity index is 1.83. The van der Waals surface area contributed by atoms with Crippen LogP contribution in [0.3, 0.4) is 0 Å². The maximum Gasteiger partial charge on any atom is 0.0819 e. The van der Waals surface area contributed by atoms with Crippen LogP contribution in [-0.2, 0) is 4.74 Å². The van der Waals surface area contributed by atoms with Gasteiger partial charge in [-0.05, 0) is 6.42 Å². The highest BCUT2D eigenvalue weighted by atomic mass is 28.3. The van der Waals surface area contributed by atoms with Crippen molar-refractivity contribution in [3.05, 3.63) is 0 Å². The normalized spacial score (nSPS) is 24.0. The van der Waals surface area contributed by atoms with Gasteiger partial charge in [0.1, 0.15) is 0 Å². The summed E-state index contributed by atoms with van der Waals surface area (Å²) in [5.41, 5.74) is 0.673. The van der Waals surface area contributed by atoms with E-state index < -0.39 is 8.07 Å². The molecule has 0 unspecified atom stereocenters. The van der Waals surface area contributed by atoms with E-state index >= 15 is 0 Å². The Labute approximate surface area is 109 Å². The maximum atomic E-state index is 5.80. The molecule has 0 spiro atoms. The number of hydrogen-bond donors (Lipinski definition) is 0. The Hall–Kier alpha value is 0.177. The SMILES string of the molecule is CCCCCCCCCC[C@H]1O[C@@H]1[Si](C)(C)C. The van der Waals surface area contributed by atoms with E-state index in [2.05, 4.69) is 26.6 Å². The monoisotopic (exact) mass is 256 g/mol. The zero-order valence-electron chi connectivity index (χ0n) is 12.4. The molecule has 1 fully saturated rings. The summed E-state index contributed by atoms with van der Waals surface area (Å²) in [5, 5.41) is 0. The van der Waals surface area contributed by atoms with E-state index in [1.54, 1.807) is 0 Å². The third kappa shape index (κ3) is 6.61. The van der Waals surface area contributed by atoms with Gasteiger partial charge < -0.3 is 4.74 Å². The van der Waals surface area contributed by atoms with E-state index in [0.717, 1.165) is 0 Å². The van der Waals surface area contributed by atoms with Gasteiger partial charge in [0.25, 0.3) is 0 Å². The molecular weight excluding hydrogens is 224 g/mol. The molecule has 0 aromatic heterocycles.